The molecule has 0 aliphatic rings. The average molecular weight is 270 g/mol. The topological polar surface area (TPSA) is 55.4 Å². The number of pyridine rings is 1. The lowest BCUT2D eigenvalue weighted by atomic mass is 10.1. The Morgan fingerprint density at radius 1 is 1.35 bits per heavy atom. The van der Waals surface area contributed by atoms with E-state index in [1.165, 1.54) is 0 Å². The second kappa shape index (κ2) is 5.09. The second-order valence-electron chi connectivity index (χ2n) is 5.04. The van der Waals surface area contributed by atoms with Crippen LogP contribution < -0.4 is 5.32 Å². The minimum absolute atomic E-state index is 0.186. The predicted octanol–water partition coefficient (Wildman–Crippen LogP) is 2.79. The van der Waals surface area contributed by atoms with Gasteiger partial charge in [-0.15, -0.1) is 0 Å². The highest BCUT2D eigenvalue weighted by atomic mass is 16.5. The molecule has 5 nitrogen and oxygen atoms in total. The number of aromatic nitrogens is 3. The molecule has 0 aromatic carbocycles. The summed E-state index contributed by atoms with van der Waals surface area (Å²) < 4.78 is 7.23. The summed E-state index contributed by atoms with van der Waals surface area (Å²) in [6, 6.07) is 6.18. The Hall–Kier alpha value is -2.14. The van der Waals surface area contributed by atoms with Crippen molar-refractivity contribution < 1.29 is 4.52 Å². The summed E-state index contributed by atoms with van der Waals surface area (Å²) in [7, 11) is 0. The first-order chi connectivity index (χ1) is 9.65. The molecule has 3 heterocycles. The van der Waals surface area contributed by atoms with Crippen LogP contribution in [0.5, 0.6) is 0 Å². The molecule has 1 atom stereocenters. The van der Waals surface area contributed by atoms with Gasteiger partial charge in [0.05, 0.1) is 11.4 Å². The molecule has 0 spiro atoms. The third kappa shape index (κ3) is 2.32. The average Bonchev–Trinajstić information content (AvgIpc) is 2.99. The molecule has 0 bridgehead atoms. The van der Waals surface area contributed by atoms with E-state index in [4.69, 9.17) is 4.52 Å². The highest BCUT2D eigenvalue weighted by Gasteiger charge is 2.16. The van der Waals surface area contributed by atoms with Crippen molar-refractivity contribution in [2.45, 2.75) is 33.4 Å². The lowest BCUT2D eigenvalue weighted by Gasteiger charge is -2.12. The Kier molecular flexibility index (Phi) is 3.28. The van der Waals surface area contributed by atoms with Gasteiger partial charge in [-0.1, -0.05) is 11.2 Å². The van der Waals surface area contributed by atoms with E-state index in [0.717, 1.165) is 28.4 Å². The maximum absolute atomic E-state index is 5.21. The van der Waals surface area contributed by atoms with Gasteiger partial charge in [0.2, 0.25) is 0 Å². The Labute approximate surface area is 117 Å². The number of hydrogen-bond acceptors (Lipinski definition) is 4. The van der Waals surface area contributed by atoms with Crippen molar-refractivity contribution in [1.29, 1.82) is 0 Å². The standard InChI is InChI=1S/C15H18N4O/c1-10(15-11(2)18-20-12(15)3)16-8-13-9-19-7-5-4-6-14(19)17-13/h4-7,9-10,16H,8H2,1-3H3. The number of imidazole rings is 1. The normalized spacial score (nSPS) is 12.9. The first kappa shape index (κ1) is 12.9. The molecule has 20 heavy (non-hydrogen) atoms. The smallest absolute Gasteiger partial charge is 0.138 e. The van der Waals surface area contributed by atoms with Crippen LogP contribution in [-0.4, -0.2) is 14.5 Å². The summed E-state index contributed by atoms with van der Waals surface area (Å²) in [5, 5.41) is 7.46. The van der Waals surface area contributed by atoms with Crippen LogP contribution in [0, 0.1) is 13.8 Å². The number of rotatable bonds is 4. The zero-order valence-corrected chi connectivity index (χ0v) is 11.9. The van der Waals surface area contributed by atoms with Crippen LogP contribution in [-0.2, 0) is 6.54 Å². The van der Waals surface area contributed by atoms with Crippen molar-refractivity contribution in [2.24, 2.45) is 0 Å². The minimum atomic E-state index is 0.186. The predicted molar refractivity (Wildman–Crippen MR) is 76.4 cm³/mol. The van der Waals surface area contributed by atoms with Crippen LogP contribution >= 0.6 is 0 Å². The summed E-state index contributed by atoms with van der Waals surface area (Å²) in [4.78, 5) is 4.57. The van der Waals surface area contributed by atoms with Gasteiger partial charge in [-0.3, -0.25) is 0 Å². The maximum atomic E-state index is 5.21. The summed E-state index contributed by atoms with van der Waals surface area (Å²) in [6.45, 7) is 6.74. The maximum Gasteiger partial charge on any atom is 0.138 e. The van der Waals surface area contributed by atoms with Crippen molar-refractivity contribution in [2.75, 3.05) is 0 Å². The third-order valence-electron chi connectivity index (χ3n) is 3.52. The van der Waals surface area contributed by atoms with Gasteiger partial charge in [-0.05, 0) is 32.9 Å². The molecular weight excluding hydrogens is 252 g/mol. The van der Waals surface area contributed by atoms with Gasteiger partial charge < -0.3 is 14.2 Å². The van der Waals surface area contributed by atoms with E-state index >= 15 is 0 Å². The lowest BCUT2D eigenvalue weighted by Crippen LogP contribution is -2.19. The van der Waals surface area contributed by atoms with Gasteiger partial charge in [-0.2, -0.15) is 0 Å². The molecular formula is C15H18N4O. The number of hydrogen-bond donors (Lipinski definition) is 1. The third-order valence-corrected chi connectivity index (χ3v) is 3.52. The molecule has 3 aromatic rings. The number of nitrogens with zero attached hydrogens (tertiary/aromatic N) is 3. The molecule has 3 rings (SSSR count). The molecule has 104 valence electrons. The monoisotopic (exact) mass is 270 g/mol. The van der Waals surface area contributed by atoms with Crippen molar-refractivity contribution in [3.05, 3.63) is 53.3 Å². The summed E-state index contributed by atoms with van der Waals surface area (Å²) in [5.74, 6) is 0.873. The van der Waals surface area contributed by atoms with E-state index in [1.807, 2.05) is 48.8 Å². The van der Waals surface area contributed by atoms with Gasteiger partial charge >= 0.3 is 0 Å². The SMILES string of the molecule is Cc1noc(C)c1C(C)NCc1cn2ccccc2n1. The zero-order valence-electron chi connectivity index (χ0n) is 11.9. The van der Waals surface area contributed by atoms with Crippen LogP contribution in [0.3, 0.4) is 0 Å². The van der Waals surface area contributed by atoms with E-state index in [9.17, 15) is 0 Å². The Morgan fingerprint density at radius 3 is 2.90 bits per heavy atom. The summed E-state index contributed by atoms with van der Waals surface area (Å²) >= 11 is 0. The van der Waals surface area contributed by atoms with E-state index in [1.54, 1.807) is 0 Å². The van der Waals surface area contributed by atoms with Crippen molar-refractivity contribution >= 4 is 5.65 Å². The minimum Gasteiger partial charge on any atom is -0.361 e. The molecule has 0 saturated carbocycles. The fourth-order valence-corrected chi connectivity index (χ4v) is 2.54. The van der Waals surface area contributed by atoms with E-state index in [0.29, 0.717) is 6.54 Å². The second-order valence-corrected chi connectivity index (χ2v) is 5.04. The van der Waals surface area contributed by atoms with E-state index in [2.05, 4.69) is 22.4 Å². The zero-order chi connectivity index (χ0) is 14.1. The van der Waals surface area contributed by atoms with Crippen molar-refractivity contribution in [1.82, 2.24) is 19.9 Å². The molecule has 0 saturated heterocycles. The number of aryl methyl sites for hydroxylation is 2. The van der Waals surface area contributed by atoms with Crippen molar-refractivity contribution in [3.8, 4) is 0 Å². The largest absolute Gasteiger partial charge is 0.361 e. The lowest BCUT2D eigenvalue weighted by molar-refractivity contribution is 0.390. The Bertz CT molecular complexity index is 676. The molecule has 0 aliphatic carbocycles. The van der Waals surface area contributed by atoms with Gasteiger partial charge in [-0.25, -0.2) is 4.98 Å². The van der Waals surface area contributed by atoms with Crippen LogP contribution in [0.25, 0.3) is 5.65 Å². The van der Waals surface area contributed by atoms with Gasteiger partial charge in [0.25, 0.3) is 0 Å². The highest BCUT2D eigenvalue weighted by molar-refractivity contribution is 5.39. The molecule has 1 unspecified atom stereocenters. The molecule has 5 heteroatoms. The van der Waals surface area contributed by atoms with Crippen LogP contribution in [0.1, 0.15) is 35.7 Å². The quantitative estimate of drug-likeness (QED) is 0.792. The van der Waals surface area contributed by atoms with Gasteiger partial charge in [0.15, 0.2) is 0 Å². The van der Waals surface area contributed by atoms with Gasteiger partial charge in [0.1, 0.15) is 11.4 Å². The van der Waals surface area contributed by atoms with Crippen LogP contribution in [0.15, 0.2) is 35.1 Å². The number of fused-ring (bicyclic) bond motifs is 1. The Morgan fingerprint density at radius 2 is 2.20 bits per heavy atom. The highest BCUT2D eigenvalue weighted by Crippen LogP contribution is 2.21. The molecule has 0 fully saturated rings. The first-order valence-corrected chi connectivity index (χ1v) is 6.74. The van der Waals surface area contributed by atoms with Crippen molar-refractivity contribution in [3.63, 3.8) is 0 Å². The Balaban J connectivity index is 1.73. The molecule has 3 aromatic heterocycles. The molecule has 0 amide bonds. The van der Waals surface area contributed by atoms with E-state index < -0.39 is 0 Å². The van der Waals surface area contributed by atoms with Crippen LogP contribution in [0.4, 0.5) is 0 Å². The molecule has 1 N–H and O–H groups in total. The molecule has 0 aliphatic heterocycles. The van der Waals surface area contributed by atoms with E-state index in [-0.39, 0.29) is 6.04 Å². The summed E-state index contributed by atoms with van der Waals surface area (Å²) in [6.07, 6.45) is 4.05. The van der Waals surface area contributed by atoms with Gasteiger partial charge in [0, 0.05) is 30.5 Å². The fraction of sp³-hybridized carbons (Fsp3) is 0.333. The molecule has 0 radical (unpaired) electrons. The fourth-order valence-electron chi connectivity index (χ4n) is 2.54. The number of nitrogens with one attached hydrogen (secondary N) is 1. The first-order valence-electron chi connectivity index (χ1n) is 6.74. The van der Waals surface area contributed by atoms with Crippen LogP contribution in [0.2, 0.25) is 0 Å². The summed E-state index contributed by atoms with van der Waals surface area (Å²) in [5.41, 5.74) is 4.07.